The molecule has 0 amide bonds. The monoisotopic (exact) mass is 197 g/mol. The van der Waals surface area contributed by atoms with Crippen molar-refractivity contribution < 1.29 is 4.21 Å². The second-order valence-corrected chi connectivity index (χ2v) is 4.35. The molecular weight excluding hydrogens is 182 g/mol. The van der Waals surface area contributed by atoms with Gasteiger partial charge in [-0.25, -0.2) is 0 Å². The van der Waals surface area contributed by atoms with Crippen molar-refractivity contribution in [2.45, 2.75) is 17.9 Å². The van der Waals surface area contributed by atoms with E-state index in [1.807, 2.05) is 31.3 Å². The molecule has 0 aliphatic heterocycles. The Kier molecular flexibility index (Phi) is 3.63. The summed E-state index contributed by atoms with van der Waals surface area (Å²) >= 11 is 0. The van der Waals surface area contributed by atoms with E-state index in [-0.39, 0.29) is 6.04 Å². The molecule has 0 fully saturated rings. The van der Waals surface area contributed by atoms with Gasteiger partial charge in [0.1, 0.15) is 0 Å². The lowest BCUT2D eigenvalue weighted by atomic mass is 10.1. The Hall–Kier alpha value is -0.670. The zero-order valence-corrected chi connectivity index (χ0v) is 9.02. The quantitative estimate of drug-likeness (QED) is 0.799. The molecule has 0 aromatic heterocycles. The zero-order valence-electron chi connectivity index (χ0n) is 8.20. The average Bonchev–Trinajstić information content (AvgIpc) is 2.16. The fourth-order valence-corrected chi connectivity index (χ4v) is 2.10. The van der Waals surface area contributed by atoms with Crippen LogP contribution in [0, 0.1) is 0 Å². The average molecular weight is 197 g/mol. The highest BCUT2D eigenvalue weighted by Gasteiger charge is 2.09. The second-order valence-electron chi connectivity index (χ2n) is 3.00. The van der Waals surface area contributed by atoms with E-state index >= 15 is 0 Å². The van der Waals surface area contributed by atoms with Crippen LogP contribution in [0.3, 0.4) is 0 Å². The number of benzene rings is 1. The molecule has 2 atom stereocenters. The maximum Gasteiger partial charge on any atom is 0.0501 e. The largest absolute Gasteiger partial charge is 0.313 e. The van der Waals surface area contributed by atoms with Crippen LogP contribution >= 0.6 is 0 Å². The van der Waals surface area contributed by atoms with Crippen LogP contribution in [-0.2, 0) is 10.8 Å². The lowest BCUT2D eigenvalue weighted by molar-refractivity contribution is 0.636. The predicted octanol–water partition coefficient (Wildman–Crippen LogP) is 1.70. The van der Waals surface area contributed by atoms with Crippen molar-refractivity contribution in [3.8, 4) is 0 Å². The smallest absolute Gasteiger partial charge is 0.0501 e. The molecule has 72 valence electrons. The third kappa shape index (κ3) is 2.39. The van der Waals surface area contributed by atoms with Gasteiger partial charge in [0.15, 0.2) is 0 Å². The van der Waals surface area contributed by atoms with E-state index in [0.29, 0.717) is 0 Å². The Morgan fingerprint density at radius 3 is 2.54 bits per heavy atom. The SMILES string of the molecule is CN[C@H](C)c1ccccc1S(C)=O. The molecule has 1 rings (SSSR count). The Morgan fingerprint density at radius 2 is 2.00 bits per heavy atom. The predicted molar refractivity (Wildman–Crippen MR) is 56.2 cm³/mol. The molecule has 1 N–H and O–H groups in total. The van der Waals surface area contributed by atoms with Crippen molar-refractivity contribution >= 4 is 10.8 Å². The fraction of sp³-hybridized carbons (Fsp3) is 0.400. The summed E-state index contributed by atoms with van der Waals surface area (Å²) in [5, 5.41) is 3.14. The van der Waals surface area contributed by atoms with E-state index in [2.05, 4.69) is 12.2 Å². The van der Waals surface area contributed by atoms with Gasteiger partial charge in [0, 0.05) is 17.2 Å². The van der Waals surface area contributed by atoms with Crippen molar-refractivity contribution in [1.82, 2.24) is 5.32 Å². The van der Waals surface area contributed by atoms with Gasteiger partial charge in [0.2, 0.25) is 0 Å². The highest BCUT2D eigenvalue weighted by atomic mass is 32.2. The fourth-order valence-electron chi connectivity index (χ4n) is 1.26. The third-order valence-corrected chi connectivity index (χ3v) is 3.12. The molecule has 0 bridgehead atoms. The number of hydrogen-bond donors (Lipinski definition) is 1. The number of rotatable bonds is 3. The van der Waals surface area contributed by atoms with Crippen LogP contribution in [0.5, 0.6) is 0 Å². The van der Waals surface area contributed by atoms with Gasteiger partial charge in [0.25, 0.3) is 0 Å². The molecule has 0 saturated heterocycles. The van der Waals surface area contributed by atoms with E-state index in [1.54, 1.807) is 6.26 Å². The summed E-state index contributed by atoms with van der Waals surface area (Å²) in [6.07, 6.45) is 1.71. The summed E-state index contributed by atoms with van der Waals surface area (Å²) in [4.78, 5) is 0.921. The first kappa shape index (κ1) is 10.4. The summed E-state index contributed by atoms with van der Waals surface area (Å²) in [6.45, 7) is 2.06. The van der Waals surface area contributed by atoms with Crippen molar-refractivity contribution in [2.24, 2.45) is 0 Å². The molecule has 0 aliphatic carbocycles. The van der Waals surface area contributed by atoms with Crippen molar-refractivity contribution in [1.29, 1.82) is 0 Å². The lowest BCUT2D eigenvalue weighted by Crippen LogP contribution is -2.14. The molecule has 0 aliphatic rings. The van der Waals surface area contributed by atoms with Gasteiger partial charge >= 0.3 is 0 Å². The maximum atomic E-state index is 11.4. The third-order valence-electron chi connectivity index (χ3n) is 2.13. The Balaban J connectivity index is 3.11. The highest BCUT2D eigenvalue weighted by Crippen LogP contribution is 2.19. The van der Waals surface area contributed by atoms with Gasteiger partial charge < -0.3 is 5.32 Å². The molecule has 2 nitrogen and oxygen atoms in total. The normalized spacial score (nSPS) is 15.3. The van der Waals surface area contributed by atoms with E-state index in [4.69, 9.17) is 0 Å². The summed E-state index contributed by atoms with van der Waals surface area (Å²) in [7, 11) is 1.00. The minimum absolute atomic E-state index is 0.250. The minimum atomic E-state index is -0.903. The van der Waals surface area contributed by atoms with Crippen LogP contribution in [0.15, 0.2) is 29.2 Å². The van der Waals surface area contributed by atoms with Crippen molar-refractivity contribution in [3.63, 3.8) is 0 Å². The molecule has 0 saturated carbocycles. The van der Waals surface area contributed by atoms with Gasteiger partial charge in [-0.15, -0.1) is 0 Å². The van der Waals surface area contributed by atoms with Gasteiger partial charge in [-0.05, 0) is 25.6 Å². The van der Waals surface area contributed by atoms with Gasteiger partial charge in [0.05, 0.1) is 10.8 Å². The van der Waals surface area contributed by atoms with Crippen LogP contribution in [-0.4, -0.2) is 17.5 Å². The van der Waals surface area contributed by atoms with E-state index in [9.17, 15) is 4.21 Å². The van der Waals surface area contributed by atoms with Gasteiger partial charge in [-0.2, -0.15) is 0 Å². The van der Waals surface area contributed by atoms with Crippen LogP contribution in [0.1, 0.15) is 18.5 Å². The molecule has 3 heteroatoms. The maximum absolute atomic E-state index is 11.4. The first-order chi connectivity index (χ1) is 6.16. The van der Waals surface area contributed by atoms with Gasteiger partial charge in [-0.3, -0.25) is 4.21 Å². The van der Waals surface area contributed by atoms with Crippen LogP contribution in [0.4, 0.5) is 0 Å². The Morgan fingerprint density at radius 1 is 1.38 bits per heavy atom. The lowest BCUT2D eigenvalue weighted by Gasteiger charge is -2.13. The van der Waals surface area contributed by atoms with Crippen molar-refractivity contribution in [3.05, 3.63) is 29.8 Å². The van der Waals surface area contributed by atoms with E-state index in [0.717, 1.165) is 10.5 Å². The standard InChI is InChI=1S/C10H15NOS/c1-8(11-2)9-6-4-5-7-10(9)13(3)12/h4-8,11H,1-3H3/t8-,13?/m1/s1. The molecule has 1 unspecified atom stereocenters. The van der Waals surface area contributed by atoms with Crippen LogP contribution in [0.2, 0.25) is 0 Å². The molecule has 0 heterocycles. The molecule has 13 heavy (non-hydrogen) atoms. The summed E-state index contributed by atoms with van der Waals surface area (Å²) in [5.41, 5.74) is 1.12. The highest BCUT2D eigenvalue weighted by molar-refractivity contribution is 7.84. The molecular formula is C10H15NOS. The Bertz CT molecular complexity index is 312. The van der Waals surface area contributed by atoms with Gasteiger partial charge in [-0.1, -0.05) is 18.2 Å². The zero-order chi connectivity index (χ0) is 9.84. The topological polar surface area (TPSA) is 29.1 Å². The van der Waals surface area contributed by atoms with E-state index < -0.39 is 10.8 Å². The second kappa shape index (κ2) is 4.53. The van der Waals surface area contributed by atoms with Crippen LogP contribution in [0.25, 0.3) is 0 Å². The first-order valence-electron chi connectivity index (χ1n) is 4.26. The van der Waals surface area contributed by atoms with Crippen molar-refractivity contribution in [2.75, 3.05) is 13.3 Å². The summed E-state index contributed by atoms with van der Waals surface area (Å²) < 4.78 is 11.4. The minimum Gasteiger partial charge on any atom is -0.313 e. The van der Waals surface area contributed by atoms with E-state index in [1.165, 1.54) is 0 Å². The number of nitrogens with one attached hydrogen (secondary N) is 1. The summed E-state index contributed by atoms with van der Waals surface area (Å²) in [6, 6.07) is 8.07. The van der Waals surface area contributed by atoms with Crippen LogP contribution < -0.4 is 5.32 Å². The Labute approximate surface area is 81.8 Å². The molecule has 0 radical (unpaired) electrons. The molecule has 1 aromatic carbocycles. The first-order valence-corrected chi connectivity index (χ1v) is 5.82. The summed E-state index contributed by atoms with van der Waals surface area (Å²) in [5.74, 6) is 0. The molecule has 1 aromatic rings. The number of hydrogen-bond acceptors (Lipinski definition) is 2. The molecule has 0 spiro atoms.